The molecule has 20 heavy (non-hydrogen) atoms. The number of benzene rings is 1. The average Bonchev–Trinajstić information content (AvgIpc) is 2.45. The van der Waals surface area contributed by atoms with Crippen LogP contribution in [-0.2, 0) is 0 Å². The first-order valence-corrected chi connectivity index (χ1v) is 6.15. The average molecular weight is 279 g/mol. The van der Waals surface area contributed by atoms with E-state index in [2.05, 4.69) is 15.6 Å². The number of anilines is 3. The number of hydrogen-bond donors (Lipinski definition) is 2. The van der Waals surface area contributed by atoms with Gasteiger partial charge in [-0.2, -0.15) is 0 Å². The van der Waals surface area contributed by atoms with Gasteiger partial charge in [-0.1, -0.05) is 12.1 Å². The van der Waals surface area contributed by atoms with E-state index >= 15 is 0 Å². The van der Waals surface area contributed by atoms with Crippen LogP contribution in [0.4, 0.5) is 26.1 Å². The maximum atomic E-state index is 13.8. The van der Waals surface area contributed by atoms with Crippen molar-refractivity contribution in [1.29, 1.82) is 0 Å². The zero-order valence-corrected chi connectivity index (χ0v) is 11.2. The van der Waals surface area contributed by atoms with E-state index in [1.165, 1.54) is 7.11 Å². The Hall–Kier alpha value is -2.37. The molecule has 1 heterocycles. The third-order valence-electron chi connectivity index (χ3n) is 2.63. The molecule has 0 radical (unpaired) electrons. The van der Waals surface area contributed by atoms with Crippen LogP contribution >= 0.6 is 0 Å². The number of rotatable bonds is 5. The quantitative estimate of drug-likeness (QED) is 0.878. The second-order valence-electron chi connectivity index (χ2n) is 4.00. The number of methoxy groups -OCH3 is 1. The Morgan fingerprint density at radius 1 is 1.15 bits per heavy atom. The maximum Gasteiger partial charge on any atom is 0.169 e. The Balaban J connectivity index is 2.35. The lowest BCUT2D eigenvalue weighted by molar-refractivity contribution is 0.416. The zero-order valence-electron chi connectivity index (χ0n) is 11.2. The molecule has 1 aromatic heterocycles. The van der Waals surface area contributed by atoms with E-state index in [0.29, 0.717) is 18.0 Å². The number of nitrogens with one attached hydrogen (secondary N) is 2. The summed E-state index contributed by atoms with van der Waals surface area (Å²) >= 11 is 0. The summed E-state index contributed by atoms with van der Waals surface area (Å²) in [5.74, 6) is -1.01. The Bertz CT molecular complexity index is 605. The fourth-order valence-corrected chi connectivity index (χ4v) is 1.72. The number of pyridine rings is 1. The number of nitrogens with zero attached hydrogens (tertiary/aromatic N) is 1. The minimum absolute atomic E-state index is 0.00583. The molecule has 0 aliphatic carbocycles. The molecule has 0 aliphatic rings. The normalized spacial score (nSPS) is 10.2. The van der Waals surface area contributed by atoms with E-state index < -0.39 is 11.6 Å². The predicted molar refractivity (Wildman–Crippen MR) is 74.6 cm³/mol. The predicted octanol–water partition coefficient (Wildman–Crippen LogP) is 3.54. The molecule has 0 amide bonds. The molecule has 0 bridgehead atoms. The lowest BCUT2D eigenvalue weighted by Crippen LogP contribution is -2.06. The summed E-state index contributed by atoms with van der Waals surface area (Å²) in [6, 6.07) is 7.81. The molecule has 4 nitrogen and oxygen atoms in total. The summed E-state index contributed by atoms with van der Waals surface area (Å²) in [6.45, 7) is 2.29. The van der Waals surface area contributed by atoms with Crippen molar-refractivity contribution in [3.05, 3.63) is 42.0 Å². The van der Waals surface area contributed by atoms with Crippen molar-refractivity contribution in [3.63, 3.8) is 0 Å². The monoisotopic (exact) mass is 279 g/mol. The van der Waals surface area contributed by atoms with Crippen LogP contribution in [-0.4, -0.2) is 18.6 Å². The molecule has 0 fully saturated rings. The van der Waals surface area contributed by atoms with Gasteiger partial charge in [0.05, 0.1) is 12.8 Å². The summed E-state index contributed by atoms with van der Waals surface area (Å²) in [4.78, 5) is 3.90. The molecule has 6 heteroatoms. The van der Waals surface area contributed by atoms with Gasteiger partial charge in [0, 0.05) is 12.6 Å². The van der Waals surface area contributed by atoms with Crippen LogP contribution in [0.15, 0.2) is 30.3 Å². The molecule has 0 aliphatic heterocycles. The van der Waals surface area contributed by atoms with Crippen molar-refractivity contribution in [3.8, 4) is 5.75 Å². The van der Waals surface area contributed by atoms with Crippen molar-refractivity contribution < 1.29 is 13.5 Å². The van der Waals surface area contributed by atoms with Gasteiger partial charge in [0.15, 0.2) is 23.3 Å². The second kappa shape index (κ2) is 6.18. The molecular weight excluding hydrogens is 264 g/mol. The molecule has 2 rings (SSSR count). The number of aromatic nitrogens is 1. The highest BCUT2D eigenvalue weighted by atomic mass is 19.1. The largest absolute Gasteiger partial charge is 0.495 e. The standard InChI is InChI=1S/C14H15F2N3O/c1-3-17-13-9(15)8-10(16)14(19-13)18-11-6-4-5-7-12(11)20-2/h4-8H,3H2,1-2H3,(H2,17,18,19). The first-order valence-electron chi connectivity index (χ1n) is 6.15. The molecule has 2 aromatic rings. The van der Waals surface area contributed by atoms with Crippen LogP contribution < -0.4 is 15.4 Å². The third-order valence-corrected chi connectivity index (χ3v) is 2.63. The van der Waals surface area contributed by atoms with E-state index in [0.717, 1.165) is 6.07 Å². The van der Waals surface area contributed by atoms with Gasteiger partial charge in [-0.05, 0) is 19.1 Å². The van der Waals surface area contributed by atoms with Gasteiger partial charge >= 0.3 is 0 Å². The lowest BCUT2D eigenvalue weighted by Gasteiger charge is -2.12. The van der Waals surface area contributed by atoms with E-state index in [-0.39, 0.29) is 11.6 Å². The van der Waals surface area contributed by atoms with Crippen molar-refractivity contribution in [2.45, 2.75) is 6.92 Å². The summed E-state index contributed by atoms with van der Waals surface area (Å²) in [5.41, 5.74) is 0.551. The number of para-hydroxylation sites is 2. The van der Waals surface area contributed by atoms with E-state index in [1.54, 1.807) is 31.2 Å². The Labute approximate surface area is 115 Å². The van der Waals surface area contributed by atoms with Gasteiger partial charge in [0.2, 0.25) is 0 Å². The molecular formula is C14H15F2N3O. The minimum atomic E-state index is -0.768. The van der Waals surface area contributed by atoms with Gasteiger partial charge in [-0.15, -0.1) is 0 Å². The Kier molecular flexibility index (Phi) is 4.34. The number of halogens is 2. The molecule has 2 N–H and O–H groups in total. The number of ether oxygens (including phenoxy) is 1. The molecule has 1 aromatic carbocycles. The summed E-state index contributed by atoms with van der Waals surface area (Å²) < 4.78 is 32.4. The van der Waals surface area contributed by atoms with Crippen molar-refractivity contribution >= 4 is 17.3 Å². The van der Waals surface area contributed by atoms with Gasteiger partial charge in [0.25, 0.3) is 0 Å². The lowest BCUT2D eigenvalue weighted by atomic mass is 10.3. The molecule has 0 saturated carbocycles. The summed E-state index contributed by atoms with van der Waals surface area (Å²) in [7, 11) is 1.51. The third kappa shape index (κ3) is 2.96. The zero-order chi connectivity index (χ0) is 14.5. The van der Waals surface area contributed by atoms with Gasteiger partial charge in [0.1, 0.15) is 5.75 Å². The van der Waals surface area contributed by atoms with Crippen LogP contribution in [0.5, 0.6) is 5.75 Å². The molecule has 0 spiro atoms. The smallest absolute Gasteiger partial charge is 0.169 e. The number of hydrogen-bond acceptors (Lipinski definition) is 4. The van der Waals surface area contributed by atoms with Crippen molar-refractivity contribution in [2.75, 3.05) is 24.3 Å². The van der Waals surface area contributed by atoms with E-state index in [4.69, 9.17) is 4.74 Å². The van der Waals surface area contributed by atoms with Crippen LogP contribution in [0, 0.1) is 11.6 Å². The van der Waals surface area contributed by atoms with Crippen molar-refractivity contribution in [1.82, 2.24) is 4.98 Å². The molecule has 0 unspecified atom stereocenters. The van der Waals surface area contributed by atoms with Crippen LogP contribution in [0.2, 0.25) is 0 Å². The maximum absolute atomic E-state index is 13.8. The summed E-state index contributed by atoms with van der Waals surface area (Å²) in [6.07, 6.45) is 0. The van der Waals surface area contributed by atoms with Gasteiger partial charge in [-0.25, -0.2) is 13.8 Å². The fourth-order valence-electron chi connectivity index (χ4n) is 1.72. The highest BCUT2D eigenvalue weighted by Gasteiger charge is 2.13. The second-order valence-corrected chi connectivity index (χ2v) is 4.00. The molecule has 106 valence electrons. The fraction of sp³-hybridized carbons (Fsp3) is 0.214. The van der Waals surface area contributed by atoms with E-state index in [9.17, 15) is 8.78 Å². The Morgan fingerprint density at radius 2 is 1.85 bits per heavy atom. The van der Waals surface area contributed by atoms with Gasteiger partial charge in [-0.3, -0.25) is 0 Å². The SMILES string of the molecule is CCNc1nc(Nc2ccccc2OC)c(F)cc1F. The topological polar surface area (TPSA) is 46.2 Å². The van der Waals surface area contributed by atoms with E-state index in [1.807, 2.05) is 0 Å². The summed E-state index contributed by atoms with van der Waals surface area (Å²) in [5, 5.41) is 5.53. The van der Waals surface area contributed by atoms with Crippen LogP contribution in [0.25, 0.3) is 0 Å². The molecule has 0 atom stereocenters. The van der Waals surface area contributed by atoms with Crippen LogP contribution in [0.3, 0.4) is 0 Å². The minimum Gasteiger partial charge on any atom is -0.495 e. The van der Waals surface area contributed by atoms with Crippen LogP contribution in [0.1, 0.15) is 6.92 Å². The first kappa shape index (κ1) is 14.0. The van der Waals surface area contributed by atoms with Crippen molar-refractivity contribution in [2.24, 2.45) is 0 Å². The highest BCUT2D eigenvalue weighted by molar-refractivity contribution is 5.65. The highest BCUT2D eigenvalue weighted by Crippen LogP contribution is 2.28. The molecule has 0 saturated heterocycles. The van der Waals surface area contributed by atoms with Gasteiger partial charge < -0.3 is 15.4 Å². The Morgan fingerprint density at radius 3 is 2.55 bits per heavy atom. The first-order chi connectivity index (χ1) is 9.65.